The molecule has 2 heterocycles. The summed E-state index contributed by atoms with van der Waals surface area (Å²) in [5, 5.41) is 5.05. The number of pyridine rings is 1. The summed E-state index contributed by atoms with van der Waals surface area (Å²) in [5.41, 5.74) is 5.40. The van der Waals surface area contributed by atoms with Crippen LogP contribution in [0.2, 0.25) is 0 Å². The lowest BCUT2D eigenvalue weighted by atomic mass is 10.2. The maximum absolute atomic E-state index is 14.0. The van der Waals surface area contributed by atoms with Crippen LogP contribution < -0.4 is 5.43 Å². The molecule has 0 saturated carbocycles. The monoisotopic (exact) mass is 372 g/mol. The highest BCUT2D eigenvalue weighted by molar-refractivity contribution is 6.00. The summed E-state index contributed by atoms with van der Waals surface area (Å²) in [5.74, 6) is -0.547. The number of nitrogens with zero attached hydrogens (tertiary/aromatic N) is 3. The van der Waals surface area contributed by atoms with Gasteiger partial charge in [-0.3, -0.25) is 9.78 Å². The van der Waals surface area contributed by atoms with Gasteiger partial charge in [-0.25, -0.2) is 9.82 Å². The highest BCUT2D eigenvalue weighted by Crippen LogP contribution is 2.22. The largest absolute Gasteiger partial charge is 0.342 e. The number of fused-ring (bicyclic) bond motifs is 1. The number of hydrazone groups is 1. The molecule has 0 aliphatic carbocycles. The Kier molecular flexibility index (Phi) is 4.93. The van der Waals surface area contributed by atoms with Gasteiger partial charge in [0.15, 0.2) is 0 Å². The molecular formula is C22H17FN4O. The van der Waals surface area contributed by atoms with Crippen molar-refractivity contribution >= 4 is 23.0 Å². The quantitative estimate of drug-likeness (QED) is 0.425. The Bertz CT molecular complexity index is 1150. The first-order chi connectivity index (χ1) is 13.7. The van der Waals surface area contributed by atoms with Gasteiger partial charge in [0.25, 0.3) is 5.91 Å². The Morgan fingerprint density at radius 3 is 2.64 bits per heavy atom. The van der Waals surface area contributed by atoms with E-state index in [0.717, 1.165) is 16.5 Å². The van der Waals surface area contributed by atoms with Gasteiger partial charge >= 0.3 is 0 Å². The highest BCUT2D eigenvalue weighted by Gasteiger charge is 2.09. The molecule has 1 N–H and O–H groups in total. The number of para-hydroxylation sites is 1. The lowest BCUT2D eigenvalue weighted by molar-refractivity contribution is 0.0955. The third-order valence-electron chi connectivity index (χ3n) is 4.43. The second kappa shape index (κ2) is 7.84. The number of nitrogens with one attached hydrogen (secondary N) is 1. The van der Waals surface area contributed by atoms with Crippen LogP contribution in [0.25, 0.3) is 10.9 Å². The molecule has 138 valence electrons. The van der Waals surface area contributed by atoms with Gasteiger partial charge in [0.1, 0.15) is 5.82 Å². The molecule has 2 aromatic heterocycles. The van der Waals surface area contributed by atoms with Crippen molar-refractivity contribution in [1.29, 1.82) is 0 Å². The van der Waals surface area contributed by atoms with Gasteiger partial charge in [0.05, 0.1) is 12.8 Å². The van der Waals surface area contributed by atoms with Crippen molar-refractivity contribution in [3.05, 3.63) is 102 Å². The SMILES string of the molecule is O=C(N/N=C/c1cn(Cc2ccccc2F)c2ccccc12)c1ccncc1. The fourth-order valence-electron chi connectivity index (χ4n) is 3.05. The second-order valence-corrected chi connectivity index (χ2v) is 6.26. The van der Waals surface area contributed by atoms with Crippen LogP contribution in [0, 0.1) is 5.82 Å². The molecule has 0 aliphatic rings. The van der Waals surface area contributed by atoms with E-state index < -0.39 is 0 Å². The fraction of sp³-hybridized carbons (Fsp3) is 0.0455. The summed E-state index contributed by atoms with van der Waals surface area (Å²) in [7, 11) is 0. The maximum Gasteiger partial charge on any atom is 0.271 e. The summed E-state index contributed by atoms with van der Waals surface area (Å²) < 4.78 is 16.0. The zero-order valence-corrected chi connectivity index (χ0v) is 14.9. The van der Waals surface area contributed by atoms with E-state index >= 15 is 0 Å². The Morgan fingerprint density at radius 2 is 1.82 bits per heavy atom. The third kappa shape index (κ3) is 3.66. The predicted molar refractivity (Wildman–Crippen MR) is 107 cm³/mol. The van der Waals surface area contributed by atoms with E-state index in [4.69, 9.17) is 0 Å². The van der Waals surface area contributed by atoms with Crippen LogP contribution in [0.5, 0.6) is 0 Å². The summed E-state index contributed by atoms with van der Waals surface area (Å²) >= 11 is 0. The summed E-state index contributed by atoms with van der Waals surface area (Å²) in [6.07, 6.45) is 6.60. The van der Waals surface area contributed by atoms with Crippen LogP contribution in [0.4, 0.5) is 4.39 Å². The number of carbonyl (C=O) groups is 1. The lowest BCUT2D eigenvalue weighted by Crippen LogP contribution is -2.17. The van der Waals surface area contributed by atoms with Crippen LogP contribution in [-0.2, 0) is 6.54 Å². The predicted octanol–water partition coefficient (Wildman–Crippen LogP) is 3.99. The molecule has 0 fully saturated rings. The maximum atomic E-state index is 14.0. The number of rotatable bonds is 5. The summed E-state index contributed by atoms with van der Waals surface area (Å²) in [6.45, 7) is 0.407. The zero-order valence-electron chi connectivity index (χ0n) is 14.9. The first-order valence-corrected chi connectivity index (χ1v) is 8.77. The number of hydrogen-bond acceptors (Lipinski definition) is 3. The van der Waals surface area contributed by atoms with Gasteiger partial charge in [0, 0.05) is 46.2 Å². The lowest BCUT2D eigenvalue weighted by Gasteiger charge is -2.06. The number of amides is 1. The zero-order chi connectivity index (χ0) is 19.3. The van der Waals surface area contributed by atoms with E-state index in [2.05, 4.69) is 15.5 Å². The Hall–Kier alpha value is -3.80. The Morgan fingerprint density at radius 1 is 1.07 bits per heavy atom. The number of benzene rings is 2. The number of aromatic nitrogens is 2. The number of hydrogen-bond donors (Lipinski definition) is 1. The molecule has 0 atom stereocenters. The molecule has 28 heavy (non-hydrogen) atoms. The average molecular weight is 372 g/mol. The van der Waals surface area contributed by atoms with Crippen LogP contribution >= 0.6 is 0 Å². The summed E-state index contributed by atoms with van der Waals surface area (Å²) in [6, 6.07) is 17.8. The topological polar surface area (TPSA) is 59.3 Å². The fourth-order valence-corrected chi connectivity index (χ4v) is 3.05. The molecule has 6 heteroatoms. The summed E-state index contributed by atoms with van der Waals surface area (Å²) in [4.78, 5) is 16.0. The molecule has 4 rings (SSSR count). The van der Waals surface area contributed by atoms with Crippen molar-refractivity contribution in [3.63, 3.8) is 0 Å². The van der Waals surface area contributed by atoms with E-state index in [1.165, 1.54) is 6.07 Å². The Balaban J connectivity index is 1.59. The highest BCUT2D eigenvalue weighted by atomic mass is 19.1. The van der Waals surface area contributed by atoms with Gasteiger partial charge in [0.2, 0.25) is 0 Å². The molecule has 0 radical (unpaired) electrons. The van der Waals surface area contributed by atoms with Crippen molar-refractivity contribution in [3.8, 4) is 0 Å². The van der Waals surface area contributed by atoms with Crippen molar-refractivity contribution in [2.45, 2.75) is 6.54 Å². The molecule has 0 spiro atoms. The molecule has 5 nitrogen and oxygen atoms in total. The van der Waals surface area contributed by atoms with E-state index in [0.29, 0.717) is 17.7 Å². The first kappa shape index (κ1) is 17.6. The molecule has 0 aliphatic heterocycles. The van der Waals surface area contributed by atoms with Crippen molar-refractivity contribution < 1.29 is 9.18 Å². The van der Waals surface area contributed by atoms with Crippen LogP contribution in [-0.4, -0.2) is 21.7 Å². The Labute approximate surface area is 161 Å². The number of carbonyl (C=O) groups excluding carboxylic acids is 1. The minimum Gasteiger partial charge on any atom is -0.342 e. The molecule has 4 aromatic rings. The molecule has 2 aromatic carbocycles. The third-order valence-corrected chi connectivity index (χ3v) is 4.43. The van der Waals surface area contributed by atoms with Gasteiger partial charge in [-0.1, -0.05) is 36.4 Å². The molecule has 1 amide bonds. The standard InChI is InChI=1S/C22H17FN4O/c23-20-7-3-1-5-17(20)14-27-15-18(19-6-2-4-8-21(19)27)13-25-26-22(28)16-9-11-24-12-10-16/h1-13,15H,14H2,(H,26,28)/b25-13+. The van der Waals surface area contributed by atoms with Crippen molar-refractivity contribution in [2.75, 3.05) is 0 Å². The molecular weight excluding hydrogens is 355 g/mol. The second-order valence-electron chi connectivity index (χ2n) is 6.26. The van der Waals surface area contributed by atoms with E-state index in [1.54, 1.807) is 42.9 Å². The van der Waals surface area contributed by atoms with Gasteiger partial charge < -0.3 is 4.57 Å². The van der Waals surface area contributed by atoms with Crippen molar-refractivity contribution in [1.82, 2.24) is 15.0 Å². The van der Waals surface area contributed by atoms with E-state index in [1.807, 2.05) is 41.1 Å². The molecule has 0 unspecified atom stereocenters. The van der Waals surface area contributed by atoms with Gasteiger partial charge in [-0.05, 0) is 24.3 Å². The molecule has 0 bridgehead atoms. The minimum absolute atomic E-state index is 0.236. The normalized spacial score (nSPS) is 11.2. The van der Waals surface area contributed by atoms with E-state index in [-0.39, 0.29) is 11.7 Å². The average Bonchev–Trinajstić information content (AvgIpc) is 3.08. The van der Waals surface area contributed by atoms with Crippen molar-refractivity contribution in [2.24, 2.45) is 5.10 Å². The van der Waals surface area contributed by atoms with E-state index in [9.17, 15) is 9.18 Å². The smallest absolute Gasteiger partial charge is 0.271 e. The minimum atomic E-state index is -0.311. The molecule has 0 saturated heterocycles. The van der Waals surface area contributed by atoms with Gasteiger partial charge in [-0.2, -0.15) is 5.10 Å². The van der Waals surface area contributed by atoms with Crippen LogP contribution in [0.3, 0.4) is 0 Å². The van der Waals surface area contributed by atoms with Crippen LogP contribution in [0.15, 0.2) is 84.4 Å². The van der Waals surface area contributed by atoms with Crippen LogP contribution in [0.1, 0.15) is 21.5 Å². The van der Waals surface area contributed by atoms with Gasteiger partial charge in [-0.15, -0.1) is 0 Å². The first-order valence-electron chi connectivity index (χ1n) is 8.77. The number of halogens is 1.